The molecule has 0 heterocycles. The van der Waals surface area contributed by atoms with Crippen LogP contribution in [-0.4, -0.2) is 12.4 Å². The van der Waals surface area contributed by atoms with Crippen LogP contribution in [0.1, 0.15) is 12.8 Å². The fourth-order valence-corrected chi connectivity index (χ4v) is 1.70. The Hall–Kier alpha value is -0.700. The molecule has 2 rings (SSSR count). The number of hydrogen-bond donors (Lipinski definition) is 1. The van der Waals surface area contributed by atoms with Gasteiger partial charge in [0, 0.05) is 5.41 Å². The largest absolute Gasteiger partial charge is 0.493 e. The second-order valence-electron chi connectivity index (χ2n) is 3.90. The molecule has 0 radical (unpaired) electrons. The van der Waals surface area contributed by atoms with Crippen LogP contribution in [0.3, 0.4) is 0 Å². The second-order valence-corrected chi connectivity index (χ2v) is 4.22. The van der Waals surface area contributed by atoms with Crippen molar-refractivity contribution in [3.8, 4) is 5.75 Å². The summed E-state index contributed by atoms with van der Waals surface area (Å²) in [7, 11) is 0. The van der Waals surface area contributed by atoms with Crippen molar-refractivity contribution in [2.45, 2.75) is 12.8 Å². The van der Waals surface area contributed by atoms with Gasteiger partial charge in [-0.2, -0.15) is 12.6 Å². The summed E-state index contributed by atoms with van der Waals surface area (Å²) in [5, 5.41) is 0. The number of halogens is 1. The molecule has 14 heavy (non-hydrogen) atoms. The molecular formula is C11H13FOS. The second kappa shape index (κ2) is 3.81. The van der Waals surface area contributed by atoms with Crippen molar-refractivity contribution in [1.29, 1.82) is 0 Å². The molecule has 1 aromatic rings. The normalized spacial score (nSPS) is 17.9. The highest BCUT2D eigenvalue weighted by Gasteiger charge is 2.42. The van der Waals surface area contributed by atoms with Gasteiger partial charge in [-0.15, -0.1) is 0 Å². The van der Waals surface area contributed by atoms with Crippen molar-refractivity contribution < 1.29 is 9.13 Å². The van der Waals surface area contributed by atoms with Crippen molar-refractivity contribution in [1.82, 2.24) is 0 Å². The van der Waals surface area contributed by atoms with Crippen molar-refractivity contribution in [3.63, 3.8) is 0 Å². The van der Waals surface area contributed by atoms with Crippen LogP contribution in [0, 0.1) is 11.2 Å². The Morgan fingerprint density at radius 1 is 1.29 bits per heavy atom. The van der Waals surface area contributed by atoms with Gasteiger partial charge in [0.05, 0.1) is 6.61 Å². The molecule has 0 aromatic heterocycles. The van der Waals surface area contributed by atoms with E-state index in [1.165, 1.54) is 25.0 Å². The Morgan fingerprint density at radius 3 is 2.43 bits per heavy atom. The van der Waals surface area contributed by atoms with Crippen LogP contribution in [0.4, 0.5) is 4.39 Å². The maximum absolute atomic E-state index is 12.6. The van der Waals surface area contributed by atoms with E-state index in [0.29, 0.717) is 6.61 Å². The number of ether oxygens (including phenoxy) is 1. The molecule has 0 N–H and O–H groups in total. The Morgan fingerprint density at radius 2 is 1.93 bits per heavy atom. The van der Waals surface area contributed by atoms with E-state index in [1.54, 1.807) is 12.1 Å². The summed E-state index contributed by atoms with van der Waals surface area (Å²) >= 11 is 4.29. The summed E-state index contributed by atoms with van der Waals surface area (Å²) in [6, 6.07) is 6.14. The molecule has 0 saturated heterocycles. The standard InChI is InChI=1S/C11H13FOS/c12-9-1-3-10(4-2-9)13-7-11(8-14)5-6-11/h1-4,14H,5-8H2. The highest BCUT2D eigenvalue weighted by molar-refractivity contribution is 7.80. The topological polar surface area (TPSA) is 9.23 Å². The van der Waals surface area contributed by atoms with Gasteiger partial charge in [0.25, 0.3) is 0 Å². The third-order valence-corrected chi connectivity index (χ3v) is 3.32. The van der Waals surface area contributed by atoms with Crippen LogP contribution < -0.4 is 4.74 Å². The third-order valence-electron chi connectivity index (χ3n) is 2.65. The Bertz CT molecular complexity index is 306. The Kier molecular flexibility index (Phi) is 2.68. The monoisotopic (exact) mass is 212 g/mol. The lowest BCUT2D eigenvalue weighted by Crippen LogP contribution is -2.14. The molecule has 0 spiro atoms. The minimum absolute atomic E-state index is 0.229. The molecule has 1 fully saturated rings. The number of thiol groups is 1. The van der Waals surface area contributed by atoms with Crippen molar-refractivity contribution in [2.24, 2.45) is 5.41 Å². The van der Waals surface area contributed by atoms with E-state index in [2.05, 4.69) is 12.6 Å². The zero-order valence-electron chi connectivity index (χ0n) is 7.87. The number of hydrogen-bond acceptors (Lipinski definition) is 2. The van der Waals surface area contributed by atoms with Gasteiger partial charge in [-0.1, -0.05) is 0 Å². The van der Waals surface area contributed by atoms with Crippen LogP contribution in [0.5, 0.6) is 5.75 Å². The van der Waals surface area contributed by atoms with E-state index < -0.39 is 0 Å². The average molecular weight is 212 g/mol. The highest BCUT2D eigenvalue weighted by Crippen LogP contribution is 2.46. The van der Waals surface area contributed by atoms with E-state index >= 15 is 0 Å². The summed E-state index contributed by atoms with van der Waals surface area (Å²) in [6.45, 7) is 0.697. The molecule has 0 amide bonds. The van der Waals surface area contributed by atoms with E-state index in [0.717, 1.165) is 11.5 Å². The first-order valence-electron chi connectivity index (χ1n) is 4.73. The maximum atomic E-state index is 12.6. The molecule has 1 aliphatic rings. The number of rotatable bonds is 4. The van der Waals surface area contributed by atoms with E-state index in [1.807, 2.05) is 0 Å². The first kappa shape index (κ1) is 9.84. The minimum atomic E-state index is -0.229. The first-order valence-corrected chi connectivity index (χ1v) is 5.37. The summed E-state index contributed by atoms with van der Waals surface area (Å²) < 4.78 is 18.1. The lowest BCUT2D eigenvalue weighted by Gasteiger charge is -2.13. The van der Waals surface area contributed by atoms with Crippen LogP contribution in [0.15, 0.2) is 24.3 Å². The van der Waals surface area contributed by atoms with E-state index in [-0.39, 0.29) is 11.2 Å². The molecule has 1 aromatic carbocycles. The first-order chi connectivity index (χ1) is 6.74. The summed E-state index contributed by atoms with van der Waals surface area (Å²) in [5.41, 5.74) is 0.289. The van der Waals surface area contributed by atoms with Gasteiger partial charge in [-0.05, 0) is 42.9 Å². The lowest BCUT2D eigenvalue weighted by atomic mass is 10.2. The zero-order chi connectivity index (χ0) is 10.0. The predicted molar refractivity (Wildman–Crippen MR) is 57.4 cm³/mol. The van der Waals surface area contributed by atoms with Crippen molar-refractivity contribution in [3.05, 3.63) is 30.1 Å². The maximum Gasteiger partial charge on any atom is 0.123 e. The minimum Gasteiger partial charge on any atom is -0.493 e. The molecule has 3 heteroatoms. The van der Waals surface area contributed by atoms with E-state index in [9.17, 15) is 4.39 Å². The molecule has 1 saturated carbocycles. The van der Waals surface area contributed by atoms with Gasteiger partial charge in [-0.25, -0.2) is 4.39 Å². The number of benzene rings is 1. The molecule has 1 aliphatic carbocycles. The van der Waals surface area contributed by atoms with Crippen molar-refractivity contribution in [2.75, 3.05) is 12.4 Å². The summed E-state index contributed by atoms with van der Waals surface area (Å²) in [5.74, 6) is 1.38. The van der Waals surface area contributed by atoms with Crippen LogP contribution in [0.2, 0.25) is 0 Å². The molecule has 1 nitrogen and oxygen atoms in total. The van der Waals surface area contributed by atoms with Gasteiger partial charge in [0.15, 0.2) is 0 Å². The van der Waals surface area contributed by atoms with E-state index in [4.69, 9.17) is 4.74 Å². The van der Waals surface area contributed by atoms with Crippen molar-refractivity contribution >= 4 is 12.6 Å². The van der Waals surface area contributed by atoms with Gasteiger partial charge < -0.3 is 4.74 Å². The van der Waals surface area contributed by atoms with Gasteiger partial charge >= 0.3 is 0 Å². The zero-order valence-corrected chi connectivity index (χ0v) is 8.77. The lowest BCUT2D eigenvalue weighted by molar-refractivity contribution is 0.250. The fraction of sp³-hybridized carbons (Fsp3) is 0.455. The molecule has 0 aliphatic heterocycles. The van der Waals surface area contributed by atoms with Gasteiger partial charge in [-0.3, -0.25) is 0 Å². The molecule has 76 valence electrons. The van der Waals surface area contributed by atoms with Gasteiger partial charge in [0.1, 0.15) is 11.6 Å². The molecule has 0 bridgehead atoms. The molecule has 0 atom stereocenters. The molecular weight excluding hydrogens is 199 g/mol. The SMILES string of the molecule is Fc1ccc(OCC2(CS)CC2)cc1. The third kappa shape index (κ3) is 2.21. The van der Waals surface area contributed by atoms with Crippen LogP contribution in [-0.2, 0) is 0 Å². The smallest absolute Gasteiger partial charge is 0.123 e. The fourth-order valence-electron chi connectivity index (χ4n) is 1.29. The summed E-state index contributed by atoms with van der Waals surface area (Å²) in [4.78, 5) is 0. The quantitative estimate of drug-likeness (QED) is 0.755. The predicted octanol–water partition coefficient (Wildman–Crippen LogP) is 2.91. The highest BCUT2D eigenvalue weighted by atomic mass is 32.1. The average Bonchev–Trinajstić information content (AvgIpc) is 2.98. The Labute approximate surface area is 88.7 Å². The van der Waals surface area contributed by atoms with Gasteiger partial charge in [0.2, 0.25) is 0 Å². The van der Waals surface area contributed by atoms with Crippen LogP contribution >= 0.6 is 12.6 Å². The van der Waals surface area contributed by atoms with Crippen LogP contribution in [0.25, 0.3) is 0 Å². The Balaban J connectivity index is 1.89. The molecule has 0 unspecified atom stereocenters. The summed E-state index contributed by atoms with van der Waals surface area (Å²) in [6.07, 6.45) is 2.38.